The molecule has 2 unspecified atom stereocenters. The van der Waals surface area contributed by atoms with Crippen LogP contribution in [0.1, 0.15) is 48.4 Å². The summed E-state index contributed by atoms with van der Waals surface area (Å²) in [5.41, 5.74) is 3.36. The molecule has 4 heterocycles. The highest BCUT2D eigenvalue weighted by Gasteiger charge is 2.35. The molecule has 0 aliphatic carbocycles. The van der Waals surface area contributed by atoms with Gasteiger partial charge in [-0.3, -0.25) is 9.59 Å². The van der Waals surface area contributed by atoms with Crippen molar-refractivity contribution in [3.63, 3.8) is 0 Å². The summed E-state index contributed by atoms with van der Waals surface area (Å²) in [4.78, 5) is 41.4. The van der Waals surface area contributed by atoms with Crippen molar-refractivity contribution >= 4 is 35.2 Å². The molecule has 1 aromatic carbocycles. The van der Waals surface area contributed by atoms with Gasteiger partial charge in [0, 0.05) is 24.2 Å². The van der Waals surface area contributed by atoms with Gasteiger partial charge in [0.15, 0.2) is 0 Å². The Hall–Kier alpha value is -3.76. The van der Waals surface area contributed by atoms with E-state index in [0.29, 0.717) is 47.6 Å². The Labute approximate surface area is 226 Å². The third kappa shape index (κ3) is 5.27. The average Bonchev–Trinajstić information content (AvgIpc) is 3.22. The number of anilines is 2. The van der Waals surface area contributed by atoms with Gasteiger partial charge in [-0.05, 0) is 44.5 Å². The van der Waals surface area contributed by atoms with Crippen LogP contribution in [0.5, 0.6) is 0 Å². The van der Waals surface area contributed by atoms with Crippen molar-refractivity contribution < 1.29 is 14.3 Å². The molecule has 10 nitrogen and oxygen atoms in total. The number of fused-ring (bicyclic) bond motifs is 1. The van der Waals surface area contributed by atoms with Gasteiger partial charge < -0.3 is 25.6 Å². The van der Waals surface area contributed by atoms with E-state index in [1.165, 1.54) is 0 Å². The summed E-state index contributed by atoms with van der Waals surface area (Å²) in [6.45, 7) is 7.92. The number of pyridine rings is 1. The molecule has 2 amide bonds. The average molecular weight is 536 g/mol. The van der Waals surface area contributed by atoms with Gasteiger partial charge in [0.05, 0.1) is 47.9 Å². The van der Waals surface area contributed by atoms with Crippen molar-refractivity contribution in [3.8, 4) is 11.3 Å². The molecule has 1 saturated heterocycles. The third-order valence-corrected chi connectivity index (χ3v) is 6.99. The first kappa shape index (κ1) is 25.9. The van der Waals surface area contributed by atoms with E-state index >= 15 is 0 Å². The Morgan fingerprint density at radius 3 is 2.76 bits per heavy atom. The molecule has 2 aliphatic heterocycles. The molecule has 0 spiro atoms. The normalized spacial score (nSPS) is 16.4. The van der Waals surface area contributed by atoms with E-state index in [9.17, 15) is 9.59 Å². The number of carbonyl (C=O) groups is 2. The summed E-state index contributed by atoms with van der Waals surface area (Å²) < 4.78 is 5.19. The fraction of sp³-hybridized carbons (Fsp3) is 0.370. The number of aromatic nitrogens is 3. The monoisotopic (exact) mass is 535 g/mol. The predicted molar refractivity (Wildman–Crippen MR) is 145 cm³/mol. The van der Waals surface area contributed by atoms with Crippen molar-refractivity contribution in [1.82, 2.24) is 25.2 Å². The fourth-order valence-electron chi connectivity index (χ4n) is 4.45. The van der Waals surface area contributed by atoms with Gasteiger partial charge in [0.25, 0.3) is 5.91 Å². The first-order valence-corrected chi connectivity index (χ1v) is 13.0. The molecule has 5 rings (SSSR count). The van der Waals surface area contributed by atoms with Crippen LogP contribution in [0.2, 0.25) is 5.02 Å². The third-order valence-electron chi connectivity index (χ3n) is 6.71. The number of carbonyl (C=O) groups excluding carboxylic acids is 2. The molecule has 0 radical (unpaired) electrons. The topological polar surface area (TPSA) is 121 Å². The zero-order valence-corrected chi connectivity index (χ0v) is 22.2. The zero-order chi connectivity index (χ0) is 26.8. The molecule has 0 bridgehead atoms. The van der Waals surface area contributed by atoms with Crippen molar-refractivity contribution in [2.45, 2.75) is 45.4 Å². The van der Waals surface area contributed by atoms with Crippen molar-refractivity contribution in [2.75, 3.05) is 30.4 Å². The maximum absolute atomic E-state index is 13.4. The van der Waals surface area contributed by atoms with Crippen LogP contribution in [-0.2, 0) is 16.1 Å². The largest absolute Gasteiger partial charge is 0.377 e. The lowest BCUT2D eigenvalue weighted by Gasteiger charge is -2.26. The molecule has 198 valence electrons. The molecule has 38 heavy (non-hydrogen) atoms. The fourth-order valence-corrected chi connectivity index (χ4v) is 4.65. The van der Waals surface area contributed by atoms with Crippen molar-refractivity contribution in [1.29, 1.82) is 0 Å². The number of rotatable bonds is 9. The molecule has 0 saturated carbocycles. The van der Waals surface area contributed by atoms with Gasteiger partial charge in [0.2, 0.25) is 11.9 Å². The Kier molecular flexibility index (Phi) is 7.44. The molecule has 1 fully saturated rings. The summed E-state index contributed by atoms with van der Waals surface area (Å²) in [6.07, 6.45) is 1.55. The molecule has 11 heteroatoms. The highest BCUT2D eigenvalue weighted by atomic mass is 35.5. The number of hydrogen-bond acceptors (Lipinski definition) is 8. The highest BCUT2D eigenvalue weighted by molar-refractivity contribution is 6.33. The van der Waals surface area contributed by atoms with E-state index in [4.69, 9.17) is 16.3 Å². The van der Waals surface area contributed by atoms with E-state index in [1.54, 1.807) is 24.1 Å². The van der Waals surface area contributed by atoms with Gasteiger partial charge in [0.1, 0.15) is 11.9 Å². The van der Waals surface area contributed by atoms with Gasteiger partial charge in [-0.1, -0.05) is 29.8 Å². The summed E-state index contributed by atoms with van der Waals surface area (Å²) in [5.74, 6) is 0.753. The van der Waals surface area contributed by atoms with E-state index in [0.717, 1.165) is 23.6 Å². The summed E-state index contributed by atoms with van der Waals surface area (Å²) in [6, 6.07) is 10.4. The van der Waals surface area contributed by atoms with Crippen LogP contribution in [0, 0.1) is 0 Å². The van der Waals surface area contributed by atoms with Crippen LogP contribution in [0.15, 0.2) is 42.6 Å². The molecule has 2 atom stereocenters. The minimum Gasteiger partial charge on any atom is -0.377 e. The predicted octanol–water partition coefficient (Wildman–Crippen LogP) is 3.66. The second-order valence-corrected chi connectivity index (χ2v) is 9.87. The van der Waals surface area contributed by atoms with Gasteiger partial charge in [-0.25, -0.2) is 15.0 Å². The quantitative estimate of drug-likeness (QED) is 0.379. The number of benzene rings is 1. The number of amides is 2. The number of ether oxygens (including phenoxy) is 1. The minimum atomic E-state index is -0.666. The Morgan fingerprint density at radius 2 is 2.03 bits per heavy atom. The maximum atomic E-state index is 13.4. The van der Waals surface area contributed by atoms with Crippen LogP contribution in [-0.4, -0.2) is 63.5 Å². The lowest BCUT2D eigenvalue weighted by atomic mass is 10.0. The van der Waals surface area contributed by atoms with Crippen LogP contribution in [0.3, 0.4) is 0 Å². The SMILES string of the molecule is CCNc1cccc(C(C)NC(=O)C(C)N2Cc3ccc(-c4nc(NC5COC5)ncc4Cl)cc3C2=O)n1. The lowest BCUT2D eigenvalue weighted by molar-refractivity contribution is -0.125. The Morgan fingerprint density at radius 1 is 1.21 bits per heavy atom. The van der Waals surface area contributed by atoms with E-state index in [2.05, 4.69) is 30.9 Å². The maximum Gasteiger partial charge on any atom is 0.255 e. The van der Waals surface area contributed by atoms with E-state index in [1.807, 2.05) is 44.2 Å². The molecule has 3 aromatic rings. The van der Waals surface area contributed by atoms with Gasteiger partial charge in [-0.2, -0.15) is 0 Å². The van der Waals surface area contributed by atoms with E-state index < -0.39 is 6.04 Å². The molecule has 3 N–H and O–H groups in total. The first-order valence-electron chi connectivity index (χ1n) is 12.7. The summed E-state index contributed by atoms with van der Waals surface area (Å²) >= 11 is 6.41. The van der Waals surface area contributed by atoms with Crippen molar-refractivity contribution in [3.05, 3.63) is 64.4 Å². The van der Waals surface area contributed by atoms with Crippen LogP contribution < -0.4 is 16.0 Å². The van der Waals surface area contributed by atoms with Crippen molar-refractivity contribution in [2.24, 2.45) is 0 Å². The Bertz CT molecular complexity index is 1360. The molecular formula is C27H30ClN7O3. The second-order valence-electron chi connectivity index (χ2n) is 9.46. The molecular weight excluding hydrogens is 506 g/mol. The summed E-state index contributed by atoms with van der Waals surface area (Å²) in [5, 5.41) is 9.77. The highest BCUT2D eigenvalue weighted by Crippen LogP contribution is 2.32. The number of hydrogen-bond donors (Lipinski definition) is 3. The number of nitrogens with one attached hydrogen (secondary N) is 3. The van der Waals surface area contributed by atoms with Crippen LogP contribution in [0.4, 0.5) is 11.8 Å². The van der Waals surface area contributed by atoms with Gasteiger partial charge in [-0.15, -0.1) is 0 Å². The van der Waals surface area contributed by atoms with Gasteiger partial charge >= 0.3 is 0 Å². The standard InChI is InChI=1S/C27H30ClN7O3/c1-4-29-23-7-5-6-22(33-23)15(2)31-25(36)16(3)35-12-18-9-8-17(10-20(18)26(35)37)24-21(28)11-30-27(34-24)32-19-13-38-14-19/h5-11,15-16,19H,4,12-14H2,1-3H3,(H,29,33)(H,31,36)(H,30,32,34). The Balaban J connectivity index is 1.29. The van der Waals surface area contributed by atoms with E-state index in [-0.39, 0.29) is 23.9 Å². The minimum absolute atomic E-state index is 0.169. The molecule has 2 aromatic heterocycles. The first-order chi connectivity index (χ1) is 18.3. The smallest absolute Gasteiger partial charge is 0.255 e. The lowest BCUT2D eigenvalue weighted by Crippen LogP contribution is -2.46. The van der Waals surface area contributed by atoms with Crippen LogP contribution in [0.25, 0.3) is 11.3 Å². The zero-order valence-electron chi connectivity index (χ0n) is 21.5. The number of nitrogens with zero attached hydrogens (tertiary/aromatic N) is 4. The molecule has 2 aliphatic rings. The second kappa shape index (κ2) is 10.9. The van der Waals surface area contributed by atoms with Crippen LogP contribution >= 0.6 is 11.6 Å². The number of halogens is 1. The summed E-state index contributed by atoms with van der Waals surface area (Å²) in [7, 11) is 0.